The smallest absolute Gasteiger partial charge is 0.143 e. The van der Waals surface area contributed by atoms with Crippen LogP contribution in [0.15, 0.2) is 24.4 Å². The van der Waals surface area contributed by atoms with E-state index in [4.69, 9.17) is 5.73 Å². The molecular weight excluding hydrogens is 200 g/mol. The Morgan fingerprint density at radius 1 is 1.44 bits per heavy atom. The molecule has 0 aliphatic carbocycles. The van der Waals surface area contributed by atoms with Crippen molar-refractivity contribution in [1.82, 2.24) is 4.98 Å². The first-order valence-corrected chi connectivity index (χ1v) is 5.76. The Bertz CT molecular complexity index is 322. The molecule has 1 aromatic heterocycles. The quantitative estimate of drug-likeness (QED) is 0.795. The van der Waals surface area contributed by atoms with E-state index in [1.165, 1.54) is 0 Å². The summed E-state index contributed by atoms with van der Waals surface area (Å²) < 4.78 is 0. The summed E-state index contributed by atoms with van der Waals surface area (Å²) in [5.41, 5.74) is 6.46. The first-order chi connectivity index (χ1) is 7.63. The van der Waals surface area contributed by atoms with Gasteiger partial charge in [0.25, 0.3) is 0 Å². The van der Waals surface area contributed by atoms with Crippen molar-refractivity contribution in [3.05, 3.63) is 30.1 Å². The van der Waals surface area contributed by atoms with Gasteiger partial charge in [-0.15, -0.1) is 0 Å². The molecule has 0 amide bonds. The van der Waals surface area contributed by atoms with Crippen molar-refractivity contribution in [3.8, 4) is 0 Å². The number of Topliss-reactive ketones (excluding diaryl/α,β-unsaturated/α-hetero) is 1. The van der Waals surface area contributed by atoms with Gasteiger partial charge in [0, 0.05) is 30.8 Å². The number of pyridine rings is 1. The van der Waals surface area contributed by atoms with E-state index in [1.54, 1.807) is 6.20 Å². The van der Waals surface area contributed by atoms with Crippen LogP contribution < -0.4 is 5.73 Å². The lowest BCUT2D eigenvalue weighted by molar-refractivity contribution is -0.122. The summed E-state index contributed by atoms with van der Waals surface area (Å²) in [5, 5.41) is 0. The third kappa shape index (κ3) is 4.11. The molecule has 1 aromatic rings. The second-order valence-electron chi connectivity index (χ2n) is 4.53. The van der Waals surface area contributed by atoms with Gasteiger partial charge >= 0.3 is 0 Å². The highest BCUT2D eigenvalue weighted by Gasteiger charge is 2.18. The Morgan fingerprint density at radius 3 is 2.69 bits per heavy atom. The fourth-order valence-electron chi connectivity index (χ4n) is 1.75. The number of nitrogens with two attached hydrogens (primary N) is 1. The lowest BCUT2D eigenvalue weighted by Gasteiger charge is -2.15. The Kier molecular flexibility index (Phi) is 5.12. The van der Waals surface area contributed by atoms with Gasteiger partial charge in [0.2, 0.25) is 0 Å². The van der Waals surface area contributed by atoms with E-state index in [0.717, 1.165) is 12.1 Å². The third-order valence-corrected chi connectivity index (χ3v) is 2.58. The first-order valence-electron chi connectivity index (χ1n) is 5.76. The molecule has 0 aromatic carbocycles. The van der Waals surface area contributed by atoms with E-state index in [1.807, 2.05) is 18.2 Å². The maximum atomic E-state index is 12.0. The van der Waals surface area contributed by atoms with Crippen LogP contribution in [0.5, 0.6) is 0 Å². The summed E-state index contributed by atoms with van der Waals surface area (Å²) in [6.07, 6.45) is 2.97. The molecule has 0 spiro atoms. The largest absolute Gasteiger partial charge is 0.330 e. The van der Waals surface area contributed by atoms with Gasteiger partial charge in [-0.1, -0.05) is 19.9 Å². The number of aromatic nitrogens is 1. The minimum atomic E-state index is -0.0259. The molecule has 0 bridgehead atoms. The molecule has 0 saturated heterocycles. The van der Waals surface area contributed by atoms with Gasteiger partial charge in [0.15, 0.2) is 0 Å². The second kappa shape index (κ2) is 6.38. The van der Waals surface area contributed by atoms with Gasteiger partial charge in [-0.05, 0) is 24.5 Å². The summed E-state index contributed by atoms with van der Waals surface area (Å²) in [6, 6.07) is 5.62. The average molecular weight is 220 g/mol. The van der Waals surface area contributed by atoms with E-state index in [0.29, 0.717) is 18.9 Å². The monoisotopic (exact) mass is 220 g/mol. The minimum Gasteiger partial charge on any atom is -0.330 e. The van der Waals surface area contributed by atoms with E-state index in [2.05, 4.69) is 18.8 Å². The normalized spacial score (nSPS) is 12.8. The summed E-state index contributed by atoms with van der Waals surface area (Å²) in [5.74, 6) is 0.679. The standard InChI is InChI=1S/C13H20N2O/c1-10(2)7-11(9-14)13(16)8-12-5-3-4-6-15-12/h3-6,10-11H,7-9,14H2,1-2H3. The van der Waals surface area contributed by atoms with Gasteiger partial charge in [-0.3, -0.25) is 9.78 Å². The van der Waals surface area contributed by atoms with Crippen molar-refractivity contribution in [2.45, 2.75) is 26.7 Å². The van der Waals surface area contributed by atoms with Crippen LogP contribution in [-0.2, 0) is 11.2 Å². The molecule has 88 valence electrons. The summed E-state index contributed by atoms with van der Waals surface area (Å²) >= 11 is 0. The molecule has 1 atom stereocenters. The zero-order valence-electron chi connectivity index (χ0n) is 10.0. The van der Waals surface area contributed by atoms with Gasteiger partial charge in [0.1, 0.15) is 5.78 Å². The van der Waals surface area contributed by atoms with Gasteiger partial charge in [-0.25, -0.2) is 0 Å². The molecule has 0 radical (unpaired) electrons. The minimum absolute atomic E-state index is 0.0259. The molecule has 3 heteroatoms. The van der Waals surface area contributed by atoms with Crippen LogP contribution in [0.3, 0.4) is 0 Å². The van der Waals surface area contributed by atoms with Crippen molar-refractivity contribution in [2.75, 3.05) is 6.54 Å². The predicted octanol–water partition coefficient (Wildman–Crippen LogP) is 1.81. The molecule has 1 rings (SSSR count). The third-order valence-electron chi connectivity index (χ3n) is 2.58. The van der Waals surface area contributed by atoms with Gasteiger partial charge in [0.05, 0.1) is 0 Å². The SMILES string of the molecule is CC(C)CC(CN)C(=O)Cc1ccccn1. The predicted molar refractivity (Wildman–Crippen MR) is 64.9 cm³/mol. The summed E-state index contributed by atoms with van der Waals surface area (Å²) in [6.45, 7) is 4.65. The Morgan fingerprint density at radius 2 is 2.19 bits per heavy atom. The number of hydrogen-bond donors (Lipinski definition) is 1. The highest BCUT2D eigenvalue weighted by Crippen LogP contribution is 2.13. The Labute approximate surface area is 97.1 Å². The van der Waals surface area contributed by atoms with E-state index in [-0.39, 0.29) is 11.7 Å². The van der Waals surface area contributed by atoms with E-state index >= 15 is 0 Å². The maximum Gasteiger partial charge on any atom is 0.143 e. The van der Waals surface area contributed by atoms with Crippen molar-refractivity contribution >= 4 is 5.78 Å². The topological polar surface area (TPSA) is 56.0 Å². The molecule has 3 nitrogen and oxygen atoms in total. The van der Waals surface area contributed by atoms with Crippen molar-refractivity contribution < 1.29 is 4.79 Å². The fraction of sp³-hybridized carbons (Fsp3) is 0.538. The Balaban J connectivity index is 2.56. The average Bonchev–Trinajstić information content (AvgIpc) is 2.26. The molecule has 2 N–H and O–H groups in total. The van der Waals surface area contributed by atoms with Gasteiger partial charge in [-0.2, -0.15) is 0 Å². The van der Waals surface area contributed by atoms with Crippen molar-refractivity contribution in [1.29, 1.82) is 0 Å². The zero-order chi connectivity index (χ0) is 12.0. The van der Waals surface area contributed by atoms with Crippen molar-refractivity contribution in [2.24, 2.45) is 17.6 Å². The second-order valence-corrected chi connectivity index (χ2v) is 4.53. The lowest BCUT2D eigenvalue weighted by atomic mass is 9.91. The zero-order valence-corrected chi connectivity index (χ0v) is 10.0. The van der Waals surface area contributed by atoms with Crippen LogP contribution in [0.4, 0.5) is 0 Å². The number of hydrogen-bond acceptors (Lipinski definition) is 3. The van der Waals surface area contributed by atoms with Crippen LogP contribution in [-0.4, -0.2) is 17.3 Å². The molecule has 0 fully saturated rings. The molecule has 1 unspecified atom stereocenters. The van der Waals surface area contributed by atoms with Crippen LogP contribution in [0.2, 0.25) is 0 Å². The number of ketones is 1. The molecule has 0 saturated carbocycles. The first kappa shape index (κ1) is 12.8. The maximum absolute atomic E-state index is 12.0. The molecular formula is C13H20N2O. The van der Waals surface area contributed by atoms with E-state index in [9.17, 15) is 4.79 Å². The number of carbonyl (C=O) groups is 1. The van der Waals surface area contributed by atoms with Crippen molar-refractivity contribution in [3.63, 3.8) is 0 Å². The molecule has 0 aliphatic heterocycles. The molecule has 0 aliphatic rings. The highest BCUT2D eigenvalue weighted by molar-refractivity contribution is 5.83. The number of nitrogens with zero attached hydrogens (tertiary/aromatic N) is 1. The van der Waals surface area contributed by atoms with Crippen LogP contribution in [0, 0.1) is 11.8 Å². The lowest BCUT2D eigenvalue weighted by Crippen LogP contribution is -2.26. The number of rotatable bonds is 6. The van der Waals surface area contributed by atoms with Crippen LogP contribution >= 0.6 is 0 Å². The van der Waals surface area contributed by atoms with E-state index < -0.39 is 0 Å². The fourth-order valence-corrected chi connectivity index (χ4v) is 1.75. The Hall–Kier alpha value is -1.22. The number of carbonyl (C=O) groups excluding carboxylic acids is 1. The van der Waals surface area contributed by atoms with Gasteiger partial charge < -0.3 is 5.73 Å². The highest BCUT2D eigenvalue weighted by atomic mass is 16.1. The molecule has 1 heterocycles. The summed E-state index contributed by atoms with van der Waals surface area (Å²) in [7, 11) is 0. The van der Waals surface area contributed by atoms with Crippen LogP contribution in [0.1, 0.15) is 26.0 Å². The molecule has 16 heavy (non-hydrogen) atoms. The summed E-state index contributed by atoms with van der Waals surface area (Å²) in [4.78, 5) is 16.1. The van der Waals surface area contributed by atoms with Crippen LogP contribution in [0.25, 0.3) is 0 Å².